The quantitative estimate of drug-likeness (QED) is 0.520. The average Bonchev–Trinajstić information content (AvgIpc) is 3.15. The second-order valence-electron chi connectivity index (χ2n) is 6.62. The van der Waals surface area contributed by atoms with E-state index in [9.17, 15) is 0 Å². The van der Waals surface area contributed by atoms with Gasteiger partial charge in [-0.1, -0.05) is 47.9 Å². The molecule has 7 nitrogen and oxygen atoms in total. The van der Waals surface area contributed by atoms with Gasteiger partial charge in [0.25, 0.3) is 0 Å². The Bertz CT molecular complexity index is 945. The minimum absolute atomic E-state index is 0.451. The monoisotopic (exact) mass is 415 g/mol. The molecule has 154 valence electrons. The van der Waals surface area contributed by atoms with Gasteiger partial charge in [0.1, 0.15) is 6.61 Å². The molecule has 3 aromatic rings. The van der Waals surface area contributed by atoms with Crippen LogP contribution in [0.15, 0.2) is 36.4 Å². The van der Waals surface area contributed by atoms with Crippen LogP contribution in [0.2, 0.25) is 5.02 Å². The number of hydrogen-bond acceptors (Lipinski definition) is 6. The molecular formula is C21H26ClN5O2. The molecule has 0 saturated carbocycles. The van der Waals surface area contributed by atoms with Crippen molar-refractivity contribution in [3.05, 3.63) is 58.1 Å². The van der Waals surface area contributed by atoms with Gasteiger partial charge in [0.05, 0.1) is 6.61 Å². The van der Waals surface area contributed by atoms with Crippen molar-refractivity contribution in [3.63, 3.8) is 0 Å². The Kier molecular flexibility index (Phi) is 7.30. The third-order valence-electron chi connectivity index (χ3n) is 4.46. The molecular weight excluding hydrogens is 390 g/mol. The van der Waals surface area contributed by atoms with Gasteiger partial charge in [-0.3, -0.25) is 0 Å². The van der Waals surface area contributed by atoms with Gasteiger partial charge in [-0.15, -0.1) is 0 Å². The third-order valence-corrected chi connectivity index (χ3v) is 4.81. The first-order valence-corrected chi connectivity index (χ1v) is 10.1. The van der Waals surface area contributed by atoms with Crippen molar-refractivity contribution in [1.82, 2.24) is 20.2 Å². The van der Waals surface area contributed by atoms with Crippen LogP contribution in [-0.2, 0) is 19.7 Å². The second kappa shape index (κ2) is 10.1. The van der Waals surface area contributed by atoms with Crippen molar-refractivity contribution in [2.45, 2.75) is 46.9 Å². The molecule has 29 heavy (non-hydrogen) atoms. The number of nitrogens with zero attached hydrogens (tertiary/aromatic N) is 4. The zero-order chi connectivity index (χ0) is 20.6. The summed E-state index contributed by atoms with van der Waals surface area (Å²) in [7, 11) is 0. The van der Waals surface area contributed by atoms with Crippen LogP contribution in [0.3, 0.4) is 0 Å². The van der Waals surface area contributed by atoms with Crippen LogP contribution in [0.25, 0.3) is 0 Å². The number of nitrogens with one attached hydrogen (secondary N) is 1. The molecule has 0 aliphatic carbocycles. The van der Waals surface area contributed by atoms with Crippen LogP contribution >= 0.6 is 11.6 Å². The highest BCUT2D eigenvalue weighted by molar-refractivity contribution is 6.31. The van der Waals surface area contributed by atoms with E-state index >= 15 is 0 Å². The summed E-state index contributed by atoms with van der Waals surface area (Å²) >= 11 is 6.52. The van der Waals surface area contributed by atoms with Gasteiger partial charge >= 0.3 is 0 Å². The van der Waals surface area contributed by atoms with Gasteiger partial charge in [0.15, 0.2) is 11.5 Å². The molecule has 2 aromatic carbocycles. The lowest BCUT2D eigenvalue weighted by atomic mass is 10.1. The van der Waals surface area contributed by atoms with Crippen LogP contribution in [-0.4, -0.2) is 26.8 Å². The topological polar surface area (TPSA) is 74.1 Å². The van der Waals surface area contributed by atoms with E-state index in [4.69, 9.17) is 21.1 Å². The maximum absolute atomic E-state index is 6.52. The summed E-state index contributed by atoms with van der Waals surface area (Å²) in [5.74, 6) is 1.90. The SMILES string of the molecule is CCCn1nnnc1NCc1cc(OCC)c(OCc2ccccc2C)cc1Cl. The van der Waals surface area contributed by atoms with Gasteiger partial charge in [-0.05, 0) is 53.5 Å². The Morgan fingerprint density at radius 3 is 2.62 bits per heavy atom. The maximum Gasteiger partial charge on any atom is 0.243 e. The molecule has 1 N–H and O–H groups in total. The zero-order valence-corrected chi connectivity index (χ0v) is 17.7. The minimum Gasteiger partial charge on any atom is -0.490 e. The Morgan fingerprint density at radius 1 is 1.07 bits per heavy atom. The van der Waals surface area contributed by atoms with Crippen molar-refractivity contribution >= 4 is 17.5 Å². The van der Waals surface area contributed by atoms with Crippen molar-refractivity contribution in [2.24, 2.45) is 0 Å². The summed E-state index contributed by atoms with van der Waals surface area (Å²) in [6.07, 6.45) is 0.946. The highest BCUT2D eigenvalue weighted by atomic mass is 35.5. The van der Waals surface area contributed by atoms with E-state index in [1.54, 1.807) is 10.7 Å². The molecule has 0 aliphatic heterocycles. The van der Waals surface area contributed by atoms with Crippen LogP contribution in [0.5, 0.6) is 11.5 Å². The Labute approximate surface area is 176 Å². The lowest BCUT2D eigenvalue weighted by Crippen LogP contribution is -2.09. The number of halogens is 1. The summed E-state index contributed by atoms with van der Waals surface area (Å²) in [5.41, 5.74) is 3.19. The molecule has 0 radical (unpaired) electrons. The number of aromatic nitrogens is 4. The fourth-order valence-corrected chi connectivity index (χ4v) is 3.11. The van der Waals surface area contributed by atoms with Crippen LogP contribution in [0.1, 0.15) is 37.0 Å². The average molecular weight is 416 g/mol. The van der Waals surface area contributed by atoms with Gasteiger partial charge in [-0.2, -0.15) is 0 Å². The third kappa shape index (κ3) is 5.38. The van der Waals surface area contributed by atoms with Gasteiger partial charge < -0.3 is 14.8 Å². The highest BCUT2D eigenvalue weighted by Crippen LogP contribution is 2.34. The van der Waals surface area contributed by atoms with Gasteiger partial charge in [0, 0.05) is 24.2 Å². The number of anilines is 1. The first-order chi connectivity index (χ1) is 14.1. The number of hydrogen-bond donors (Lipinski definition) is 1. The summed E-state index contributed by atoms with van der Waals surface area (Å²) in [6.45, 7) is 8.29. The van der Waals surface area contributed by atoms with Gasteiger partial charge in [0.2, 0.25) is 5.95 Å². The molecule has 0 spiro atoms. The van der Waals surface area contributed by atoms with E-state index in [0.717, 1.165) is 24.1 Å². The summed E-state index contributed by atoms with van der Waals surface area (Å²) in [5, 5.41) is 15.5. The predicted octanol–water partition coefficient (Wildman–Crippen LogP) is 4.63. The van der Waals surface area contributed by atoms with E-state index in [-0.39, 0.29) is 0 Å². The maximum atomic E-state index is 6.52. The molecule has 0 fully saturated rings. The van der Waals surface area contributed by atoms with E-state index in [1.807, 2.05) is 25.1 Å². The lowest BCUT2D eigenvalue weighted by molar-refractivity contribution is 0.268. The minimum atomic E-state index is 0.451. The van der Waals surface area contributed by atoms with Crippen molar-refractivity contribution < 1.29 is 9.47 Å². The standard InChI is InChI=1S/C21H26ClN5O2/c1-4-10-27-21(24-25-26-27)23-13-17-11-19(28-5-2)20(12-18(17)22)29-14-16-9-7-6-8-15(16)3/h6-9,11-12H,4-5,10,13-14H2,1-3H3,(H,23,24,26). The number of tetrazole rings is 1. The second-order valence-corrected chi connectivity index (χ2v) is 7.02. The summed E-state index contributed by atoms with van der Waals surface area (Å²) in [6, 6.07) is 11.8. The molecule has 1 aromatic heterocycles. The largest absolute Gasteiger partial charge is 0.490 e. The molecule has 3 rings (SSSR count). The van der Waals surface area contributed by atoms with E-state index in [0.29, 0.717) is 42.2 Å². The molecule has 0 unspecified atom stereocenters. The van der Waals surface area contributed by atoms with Crippen molar-refractivity contribution in [3.8, 4) is 11.5 Å². The van der Waals surface area contributed by atoms with E-state index in [2.05, 4.69) is 46.8 Å². The number of ether oxygens (including phenoxy) is 2. The molecule has 8 heteroatoms. The first-order valence-electron chi connectivity index (χ1n) is 9.74. The Hall–Kier alpha value is -2.80. The molecule has 0 aliphatic rings. The fourth-order valence-electron chi connectivity index (χ4n) is 2.89. The first kappa shape index (κ1) is 20.9. The number of aryl methyl sites for hydroxylation is 2. The van der Waals surface area contributed by atoms with Crippen LogP contribution in [0, 0.1) is 6.92 Å². The van der Waals surface area contributed by atoms with Crippen molar-refractivity contribution in [2.75, 3.05) is 11.9 Å². The predicted molar refractivity (Wildman–Crippen MR) is 114 cm³/mol. The number of benzene rings is 2. The Morgan fingerprint density at radius 2 is 1.86 bits per heavy atom. The molecule has 0 amide bonds. The summed E-state index contributed by atoms with van der Waals surface area (Å²) < 4.78 is 13.6. The Balaban J connectivity index is 1.75. The zero-order valence-electron chi connectivity index (χ0n) is 17.0. The van der Waals surface area contributed by atoms with Crippen LogP contribution < -0.4 is 14.8 Å². The molecule has 0 saturated heterocycles. The smallest absolute Gasteiger partial charge is 0.243 e. The van der Waals surface area contributed by atoms with Crippen LogP contribution in [0.4, 0.5) is 5.95 Å². The van der Waals surface area contributed by atoms with Crippen molar-refractivity contribution in [1.29, 1.82) is 0 Å². The molecule has 0 atom stereocenters. The van der Waals surface area contributed by atoms with Gasteiger partial charge in [-0.25, -0.2) is 4.68 Å². The fraction of sp³-hybridized carbons (Fsp3) is 0.381. The van der Waals surface area contributed by atoms with E-state index in [1.165, 1.54) is 5.56 Å². The lowest BCUT2D eigenvalue weighted by Gasteiger charge is -2.16. The summed E-state index contributed by atoms with van der Waals surface area (Å²) in [4.78, 5) is 0. The number of rotatable bonds is 10. The normalized spacial score (nSPS) is 10.8. The highest BCUT2D eigenvalue weighted by Gasteiger charge is 2.13. The molecule has 1 heterocycles. The molecule has 0 bridgehead atoms. The van der Waals surface area contributed by atoms with E-state index < -0.39 is 0 Å².